The van der Waals surface area contributed by atoms with Crippen LogP contribution in [0.1, 0.15) is 54.9 Å². The van der Waals surface area contributed by atoms with Crippen molar-refractivity contribution in [1.82, 2.24) is 0 Å². The Balaban J connectivity index is 0.000000502. The lowest BCUT2D eigenvalue weighted by Gasteiger charge is -2.44. The molecule has 1 aliphatic rings. The van der Waals surface area contributed by atoms with Crippen molar-refractivity contribution >= 4 is 28.0 Å². The first-order chi connectivity index (χ1) is 23.6. The molecule has 1 nitrogen and oxygen atoms in total. The molecule has 0 aliphatic carbocycles. The summed E-state index contributed by atoms with van der Waals surface area (Å²) in [6, 6.07) is 13.6. The van der Waals surface area contributed by atoms with Crippen LogP contribution < -0.4 is 21.9 Å². The normalized spacial score (nSPS) is 15.3. The molecule has 0 radical (unpaired) electrons. The minimum absolute atomic E-state index is 0.0114. The molecule has 1 aliphatic heterocycles. The first kappa shape index (κ1) is 39.8. The number of nitrogens with zero attached hydrogens (tertiary/aromatic N) is 1. The van der Waals surface area contributed by atoms with Crippen LogP contribution in [-0.2, 0) is 24.7 Å². The van der Waals surface area contributed by atoms with Crippen molar-refractivity contribution in [3.8, 4) is 0 Å². The molecule has 1 fully saturated rings. The molecular formula is C37H36BF12N. The van der Waals surface area contributed by atoms with Crippen LogP contribution in [0.4, 0.5) is 52.7 Å². The Morgan fingerprint density at radius 3 is 0.882 bits per heavy atom. The molecule has 0 aromatic heterocycles. The van der Waals surface area contributed by atoms with E-state index in [1.165, 1.54) is 49.8 Å². The smallest absolute Gasteiger partial charge is 0.326 e. The van der Waals surface area contributed by atoms with E-state index in [1.807, 2.05) is 0 Å². The van der Waals surface area contributed by atoms with Crippen LogP contribution in [0.15, 0.2) is 97.1 Å². The van der Waals surface area contributed by atoms with E-state index in [9.17, 15) is 52.7 Å². The predicted molar refractivity (Wildman–Crippen MR) is 175 cm³/mol. The quantitative estimate of drug-likeness (QED) is 0.101. The number of halogens is 12. The van der Waals surface area contributed by atoms with Gasteiger partial charge in [-0.15, -0.1) is 0 Å². The van der Waals surface area contributed by atoms with Gasteiger partial charge < -0.3 is 4.48 Å². The van der Waals surface area contributed by atoms with Gasteiger partial charge in [0.2, 0.25) is 0 Å². The van der Waals surface area contributed by atoms with Gasteiger partial charge in [-0.2, -0.15) is 74.5 Å². The van der Waals surface area contributed by atoms with Gasteiger partial charge in [0, 0.05) is 12.8 Å². The van der Waals surface area contributed by atoms with Crippen LogP contribution in [0.25, 0.3) is 0 Å². The maximum absolute atomic E-state index is 13.3. The van der Waals surface area contributed by atoms with E-state index < -0.39 is 53.1 Å². The topological polar surface area (TPSA) is 0 Å². The van der Waals surface area contributed by atoms with Crippen molar-refractivity contribution in [1.29, 1.82) is 0 Å². The zero-order valence-corrected chi connectivity index (χ0v) is 27.7. The van der Waals surface area contributed by atoms with Gasteiger partial charge >= 0.3 is 24.7 Å². The number of alkyl halides is 12. The lowest BCUT2D eigenvalue weighted by Crippen LogP contribution is -2.74. The van der Waals surface area contributed by atoms with Crippen molar-refractivity contribution in [3.63, 3.8) is 0 Å². The van der Waals surface area contributed by atoms with Crippen LogP contribution in [0.3, 0.4) is 0 Å². The van der Waals surface area contributed by atoms with Crippen LogP contribution in [-0.4, -0.2) is 37.3 Å². The van der Waals surface area contributed by atoms with Crippen LogP contribution in [0.2, 0.25) is 0 Å². The molecule has 4 aromatic rings. The van der Waals surface area contributed by atoms with Gasteiger partial charge in [-0.05, 0) is 6.42 Å². The third kappa shape index (κ3) is 9.30. The fraction of sp³-hybridized carbons (Fsp3) is 0.351. The SMILES string of the molecule is CCCC[N+]1(C)CCCC1.FC(F)(F)c1ccc([B-](c2ccc(C(F)(F)F)cc2)(c2ccc(C(F)(F)F)cc2)c2ccc(C(F)(F)F)cc2)cc1. The highest BCUT2D eigenvalue weighted by molar-refractivity contribution is 7.19. The number of quaternary nitrogens is 1. The first-order valence-electron chi connectivity index (χ1n) is 16.3. The molecule has 0 spiro atoms. The summed E-state index contributed by atoms with van der Waals surface area (Å²) in [4.78, 5) is 0. The summed E-state index contributed by atoms with van der Waals surface area (Å²) >= 11 is 0. The van der Waals surface area contributed by atoms with Crippen LogP contribution in [0, 0.1) is 0 Å². The van der Waals surface area contributed by atoms with E-state index in [0.717, 1.165) is 48.5 Å². The summed E-state index contributed by atoms with van der Waals surface area (Å²) in [7, 11) is 2.41. The fourth-order valence-corrected chi connectivity index (χ4v) is 6.86. The highest BCUT2D eigenvalue weighted by Crippen LogP contribution is 2.32. The van der Waals surface area contributed by atoms with Crippen LogP contribution in [0.5, 0.6) is 0 Å². The van der Waals surface area contributed by atoms with Crippen LogP contribution >= 0.6 is 0 Å². The molecule has 276 valence electrons. The molecule has 0 bridgehead atoms. The van der Waals surface area contributed by atoms with E-state index in [4.69, 9.17) is 0 Å². The second-order valence-corrected chi connectivity index (χ2v) is 13.2. The Labute approximate surface area is 288 Å². The molecule has 51 heavy (non-hydrogen) atoms. The maximum Gasteiger partial charge on any atom is 0.416 e. The van der Waals surface area contributed by atoms with E-state index in [-0.39, 0.29) is 21.9 Å². The predicted octanol–water partition coefficient (Wildman–Crippen LogP) is 9.17. The second kappa shape index (κ2) is 15.0. The Morgan fingerprint density at radius 1 is 0.451 bits per heavy atom. The second-order valence-electron chi connectivity index (χ2n) is 13.2. The standard InChI is InChI=1S/C28H16BF12.C9H20N/c30-25(31,32)17-1-9-21(10-2-17)29(22-11-3-18(4-12-22)26(33,34)35,23-13-5-19(6-14-23)27(36,37)38)24-15-7-20(8-16-24)28(39,40)41;1-3-4-7-10(2)8-5-6-9-10/h1-16H;3-9H2,1-2H3/q-1;+1. The van der Waals surface area contributed by atoms with E-state index in [2.05, 4.69) is 14.0 Å². The number of hydrogen-bond acceptors (Lipinski definition) is 0. The average molecular weight is 733 g/mol. The molecular weight excluding hydrogens is 697 g/mol. The maximum atomic E-state index is 13.3. The molecule has 0 amide bonds. The van der Waals surface area contributed by atoms with Crippen molar-refractivity contribution < 1.29 is 57.2 Å². The zero-order chi connectivity index (χ0) is 37.9. The summed E-state index contributed by atoms with van der Waals surface area (Å²) in [6.07, 6.45) is -16.3. The van der Waals surface area contributed by atoms with Gasteiger partial charge in [0.25, 0.3) is 0 Å². The summed E-state index contributed by atoms with van der Waals surface area (Å²) < 4.78 is 161. The van der Waals surface area contributed by atoms with Gasteiger partial charge in [0.05, 0.1) is 48.9 Å². The lowest BCUT2D eigenvalue weighted by molar-refractivity contribution is -0.897. The number of hydrogen-bond donors (Lipinski definition) is 0. The summed E-state index contributed by atoms with van der Waals surface area (Å²) in [5, 5.41) is 0. The fourth-order valence-electron chi connectivity index (χ4n) is 6.86. The Morgan fingerprint density at radius 2 is 0.686 bits per heavy atom. The Bertz CT molecular complexity index is 1460. The highest BCUT2D eigenvalue weighted by atomic mass is 19.4. The average Bonchev–Trinajstić information content (AvgIpc) is 3.50. The summed E-state index contributed by atoms with van der Waals surface area (Å²) in [5.74, 6) is 0. The van der Waals surface area contributed by atoms with Gasteiger partial charge in [0.15, 0.2) is 0 Å². The van der Waals surface area contributed by atoms with Crippen molar-refractivity contribution in [2.24, 2.45) is 0 Å². The number of rotatable bonds is 7. The molecule has 14 heteroatoms. The first-order valence-corrected chi connectivity index (χ1v) is 16.3. The third-order valence-electron chi connectivity index (χ3n) is 9.65. The minimum atomic E-state index is -4.77. The molecule has 1 saturated heterocycles. The minimum Gasteiger partial charge on any atom is -0.326 e. The highest BCUT2D eigenvalue weighted by Gasteiger charge is 2.38. The van der Waals surface area contributed by atoms with E-state index >= 15 is 0 Å². The Kier molecular flexibility index (Phi) is 11.7. The molecule has 0 saturated carbocycles. The zero-order valence-electron chi connectivity index (χ0n) is 27.7. The van der Waals surface area contributed by atoms with Gasteiger partial charge in [-0.25, -0.2) is 0 Å². The van der Waals surface area contributed by atoms with Gasteiger partial charge in [-0.1, -0.05) is 110 Å². The monoisotopic (exact) mass is 733 g/mol. The largest absolute Gasteiger partial charge is 0.416 e. The molecule has 0 atom stereocenters. The lowest BCUT2D eigenvalue weighted by atomic mass is 9.13. The summed E-state index contributed by atoms with van der Waals surface area (Å²) in [6.45, 7) is 6.55. The van der Waals surface area contributed by atoms with Gasteiger partial charge in [0.1, 0.15) is 6.15 Å². The Hall–Kier alpha value is -3.94. The molecule has 0 unspecified atom stereocenters. The number of unbranched alkanes of at least 4 members (excludes halogenated alkanes) is 1. The van der Waals surface area contributed by atoms with E-state index in [0.29, 0.717) is 48.5 Å². The summed E-state index contributed by atoms with van der Waals surface area (Å²) in [5.41, 5.74) is -4.29. The number of likely N-dealkylation sites (tertiary alicyclic amines) is 1. The van der Waals surface area contributed by atoms with E-state index in [1.54, 1.807) is 0 Å². The molecule has 5 rings (SSSR count). The molecule has 4 aromatic carbocycles. The molecule has 1 heterocycles. The van der Waals surface area contributed by atoms with Crippen molar-refractivity contribution in [3.05, 3.63) is 119 Å². The van der Waals surface area contributed by atoms with Gasteiger partial charge in [-0.3, -0.25) is 0 Å². The molecule has 0 N–H and O–H groups in total. The number of benzene rings is 4. The van der Waals surface area contributed by atoms with Crippen molar-refractivity contribution in [2.75, 3.05) is 26.7 Å². The van der Waals surface area contributed by atoms with Crippen molar-refractivity contribution in [2.45, 2.75) is 57.3 Å². The third-order valence-corrected chi connectivity index (χ3v) is 9.65.